The van der Waals surface area contributed by atoms with Crippen molar-refractivity contribution in [2.24, 2.45) is 0 Å². The Morgan fingerprint density at radius 2 is 1.57 bits per heavy atom. The standard InChI is InChI=1S/C25H23FN2O6S/c1-15-22(26)8-5-9-23(15)35(32,33)28-20-12-10-18(11-13-20)25(31)34-17(3)24(30)27-21-7-4-6-19(14-21)16(2)29/h4-14,17,28H,1-3H3,(H,27,30). The smallest absolute Gasteiger partial charge is 0.338 e. The fourth-order valence-corrected chi connectivity index (χ4v) is 4.42. The van der Waals surface area contributed by atoms with Crippen LogP contribution in [0.4, 0.5) is 15.8 Å². The molecule has 0 bridgehead atoms. The van der Waals surface area contributed by atoms with E-state index in [0.717, 1.165) is 0 Å². The summed E-state index contributed by atoms with van der Waals surface area (Å²) in [5.41, 5.74) is 1.04. The molecule has 1 amide bonds. The van der Waals surface area contributed by atoms with Crippen molar-refractivity contribution in [2.45, 2.75) is 31.8 Å². The fourth-order valence-electron chi connectivity index (χ4n) is 3.11. The molecular weight excluding hydrogens is 475 g/mol. The number of ether oxygens (including phenoxy) is 1. The van der Waals surface area contributed by atoms with Gasteiger partial charge in [-0.3, -0.25) is 14.3 Å². The van der Waals surface area contributed by atoms with E-state index >= 15 is 0 Å². The number of nitrogens with one attached hydrogen (secondary N) is 2. The first kappa shape index (κ1) is 25.6. The third kappa shape index (κ3) is 6.30. The summed E-state index contributed by atoms with van der Waals surface area (Å²) < 4.78 is 46.4. The second kappa shape index (κ2) is 10.5. The molecule has 0 aliphatic heterocycles. The summed E-state index contributed by atoms with van der Waals surface area (Å²) >= 11 is 0. The Morgan fingerprint density at radius 1 is 0.914 bits per heavy atom. The summed E-state index contributed by atoms with van der Waals surface area (Å²) in [6.07, 6.45) is -1.14. The van der Waals surface area contributed by atoms with E-state index in [2.05, 4.69) is 10.0 Å². The number of ketones is 1. The lowest BCUT2D eigenvalue weighted by molar-refractivity contribution is -0.123. The predicted molar refractivity (Wildman–Crippen MR) is 128 cm³/mol. The Bertz CT molecular complexity index is 1390. The summed E-state index contributed by atoms with van der Waals surface area (Å²) in [6, 6.07) is 15.5. The first-order valence-corrected chi connectivity index (χ1v) is 12.0. The Labute approximate surface area is 202 Å². The minimum Gasteiger partial charge on any atom is -0.449 e. The molecule has 0 saturated heterocycles. The van der Waals surface area contributed by atoms with Crippen LogP contribution in [0.1, 0.15) is 40.1 Å². The van der Waals surface area contributed by atoms with Gasteiger partial charge < -0.3 is 10.1 Å². The van der Waals surface area contributed by atoms with Crippen LogP contribution >= 0.6 is 0 Å². The zero-order valence-corrected chi connectivity index (χ0v) is 20.0. The molecule has 0 radical (unpaired) electrons. The van der Waals surface area contributed by atoms with E-state index in [9.17, 15) is 27.2 Å². The number of amides is 1. The molecule has 0 heterocycles. The fraction of sp³-hybridized carbons (Fsp3) is 0.160. The van der Waals surface area contributed by atoms with Gasteiger partial charge in [0.05, 0.1) is 10.5 Å². The number of Topliss-reactive ketones (excluding diaryl/α,β-unsaturated/α-hetero) is 1. The SMILES string of the molecule is CC(=O)c1cccc(NC(=O)C(C)OC(=O)c2ccc(NS(=O)(=O)c3cccc(F)c3C)cc2)c1. The zero-order chi connectivity index (χ0) is 25.8. The van der Waals surface area contributed by atoms with Crippen LogP contribution in [0.15, 0.2) is 71.6 Å². The topological polar surface area (TPSA) is 119 Å². The minimum absolute atomic E-state index is 0.0134. The summed E-state index contributed by atoms with van der Waals surface area (Å²) in [6.45, 7) is 4.16. The van der Waals surface area contributed by atoms with Gasteiger partial charge in [-0.2, -0.15) is 0 Å². The van der Waals surface area contributed by atoms with E-state index < -0.39 is 33.8 Å². The highest BCUT2D eigenvalue weighted by atomic mass is 32.2. The molecule has 0 fully saturated rings. The van der Waals surface area contributed by atoms with Gasteiger partial charge in [0.1, 0.15) is 5.82 Å². The first-order valence-electron chi connectivity index (χ1n) is 10.5. The molecule has 0 aliphatic rings. The lowest BCUT2D eigenvalue weighted by atomic mass is 10.1. The number of anilines is 2. The molecule has 182 valence electrons. The average molecular weight is 499 g/mol. The van der Waals surface area contributed by atoms with Crippen molar-refractivity contribution < 1.29 is 31.9 Å². The molecule has 1 atom stereocenters. The normalized spacial score (nSPS) is 11.9. The number of carbonyl (C=O) groups excluding carboxylic acids is 3. The molecule has 2 N–H and O–H groups in total. The Kier molecular flexibility index (Phi) is 7.65. The highest BCUT2D eigenvalue weighted by Crippen LogP contribution is 2.22. The van der Waals surface area contributed by atoms with E-state index in [0.29, 0.717) is 11.3 Å². The van der Waals surface area contributed by atoms with Gasteiger partial charge in [0.25, 0.3) is 15.9 Å². The van der Waals surface area contributed by atoms with Crippen molar-refractivity contribution in [3.63, 3.8) is 0 Å². The minimum atomic E-state index is -4.05. The summed E-state index contributed by atoms with van der Waals surface area (Å²) in [4.78, 5) is 36.1. The van der Waals surface area contributed by atoms with Gasteiger partial charge in [-0.15, -0.1) is 0 Å². The van der Waals surface area contributed by atoms with Crippen LogP contribution in [0.25, 0.3) is 0 Å². The first-order chi connectivity index (χ1) is 16.5. The molecule has 8 nitrogen and oxygen atoms in total. The monoisotopic (exact) mass is 498 g/mol. The summed E-state index contributed by atoms with van der Waals surface area (Å²) in [5, 5.41) is 2.58. The van der Waals surface area contributed by atoms with Gasteiger partial charge in [0, 0.05) is 22.5 Å². The molecule has 0 saturated carbocycles. The van der Waals surface area contributed by atoms with E-state index in [-0.39, 0.29) is 27.5 Å². The van der Waals surface area contributed by atoms with Crippen LogP contribution in [-0.2, 0) is 19.6 Å². The van der Waals surface area contributed by atoms with Crippen LogP contribution in [0.5, 0.6) is 0 Å². The van der Waals surface area contributed by atoms with Crippen LogP contribution in [0, 0.1) is 12.7 Å². The van der Waals surface area contributed by atoms with E-state index in [1.165, 1.54) is 69.3 Å². The molecule has 0 aliphatic carbocycles. The van der Waals surface area contributed by atoms with Crippen LogP contribution < -0.4 is 10.0 Å². The predicted octanol–water partition coefficient (Wildman–Crippen LogP) is 4.32. The van der Waals surface area contributed by atoms with Crippen molar-refractivity contribution in [3.8, 4) is 0 Å². The highest BCUT2D eigenvalue weighted by molar-refractivity contribution is 7.92. The molecule has 1 unspecified atom stereocenters. The van der Waals surface area contributed by atoms with E-state index in [1.54, 1.807) is 18.2 Å². The quantitative estimate of drug-likeness (QED) is 0.353. The molecule has 3 aromatic rings. The number of halogens is 1. The maximum Gasteiger partial charge on any atom is 0.338 e. The average Bonchev–Trinajstić information content (AvgIpc) is 2.81. The van der Waals surface area contributed by atoms with Gasteiger partial charge >= 0.3 is 5.97 Å². The number of benzene rings is 3. The molecule has 3 rings (SSSR count). The van der Waals surface area contributed by atoms with Crippen molar-refractivity contribution in [1.29, 1.82) is 0 Å². The highest BCUT2D eigenvalue weighted by Gasteiger charge is 2.21. The lowest BCUT2D eigenvalue weighted by Gasteiger charge is -2.14. The number of hydrogen-bond acceptors (Lipinski definition) is 6. The largest absolute Gasteiger partial charge is 0.449 e. The number of carbonyl (C=O) groups is 3. The zero-order valence-electron chi connectivity index (χ0n) is 19.2. The lowest BCUT2D eigenvalue weighted by Crippen LogP contribution is -2.30. The van der Waals surface area contributed by atoms with Crippen molar-refractivity contribution in [3.05, 3.63) is 89.2 Å². The number of hydrogen-bond donors (Lipinski definition) is 2. The van der Waals surface area contributed by atoms with E-state index in [1.807, 2.05) is 0 Å². The number of esters is 1. The molecule has 35 heavy (non-hydrogen) atoms. The Balaban J connectivity index is 1.63. The number of sulfonamides is 1. The third-order valence-corrected chi connectivity index (χ3v) is 6.60. The molecular formula is C25H23FN2O6S. The van der Waals surface area contributed by atoms with Gasteiger partial charge in [0.2, 0.25) is 0 Å². The maximum absolute atomic E-state index is 13.7. The van der Waals surface area contributed by atoms with Crippen molar-refractivity contribution in [2.75, 3.05) is 10.0 Å². The molecule has 0 spiro atoms. The molecule has 3 aromatic carbocycles. The molecule has 10 heteroatoms. The Hall–Kier alpha value is -4.05. The summed E-state index contributed by atoms with van der Waals surface area (Å²) in [7, 11) is -4.05. The Morgan fingerprint density at radius 3 is 2.23 bits per heavy atom. The number of rotatable bonds is 8. The van der Waals surface area contributed by atoms with Gasteiger partial charge in [-0.25, -0.2) is 17.6 Å². The second-order valence-electron chi connectivity index (χ2n) is 7.72. The second-order valence-corrected chi connectivity index (χ2v) is 9.37. The van der Waals surface area contributed by atoms with Crippen LogP contribution in [-0.4, -0.2) is 32.2 Å². The maximum atomic E-state index is 13.7. The van der Waals surface area contributed by atoms with Crippen molar-refractivity contribution in [1.82, 2.24) is 0 Å². The third-order valence-electron chi connectivity index (χ3n) is 5.07. The van der Waals surface area contributed by atoms with E-state index in [4.69, 9.17) is 4.74 Å². The van der Waals surface area contributed by atoms with Gasteiger partial charge in [0.15, 0.2) is 11.9 Å². The van der Waals surface area contributed by atoms with Crippen LogP contribution in [0.3, 0.4) is 0 Å². The van der Waals surface area contributed by atoms with Crippen LogP contribution in [0.2, 0.25) is 0 Å². The molecule has 0 aromatic heterocycles. The summed E-state index contributed by atoms with van der Waals surface area (Å²) in [5.74, 6) is -2.18. The van der Waals surface area contributed by atoms with Crippen molar-refractivity contribution >= 4 is 39.1 Å². The van der Waals surface area contributed by atoms with Gasteiger partial charge in [-0.1, -0.05) is 18.2 Å². The van der Waals surface area contributed by atoms with Gasteiger partial charge in [-0.05, 0) is 69.3 Å².